The van der Waals surface area contributed by atoms with Gasteiger partial charge in [-0.3, -0.25) is 0 Å². The van der Waals surface area contributed by atoms with Crippen LogP contribution in [-0.4, -0.2) is 57.6 Å². The van der Waals surface area contributed by atoms with Gasteiger partial charge in [0, 0.05) is 52.3 Å². The first kappa shape index (κ1) is 37.7. The number of aliphatic hydroxyl groups is 2. The smallest absolute Gasteiger partial charge is 0.161 e. The second-order valence-corrected chi connectivity index (χ2v) is 17.7. The van der Waals surface area contributed by atoms with Crippen LogP contribution in [0.5, 0.6) is 11.5 Å². The van der Waals surface area contributed by atoms with E-state index in [1.807, 2.05) is 12.1 Å². The van der Waals surface area contributed by atoms with E-state index in [9.17, 15) is 15.3 Å². The second-order valence-electron chi connectivity index (χ2n) is 17.7. The van der Waals surface area contributed by atoms with Crippen LogP contribution in [0.4, 0.5) is 0 Å². The maximum atomic E-state index is 11.4. The molecule has 1 saturated carbocycles. The third-order valence-corrected chi connectivity index (χ3v) is 14.2. The molecule has 8 bridgehead atoms. The Hall–Kier alpha value is -4.56. The van der Waals surface area contributed by atoms with Gasteiger partial charge < -0.3 is 45.1 Å². The summed E-state index contributed by atoms with van der Waals surface area (Å²) in [5, 5.41) is 38.7. The Morgan fingerprint density at radius 2 is 1.88 bits per heavy atom. The highest BCUT2D eigenvalue weighted by Gasteiger charge is 2.55. The number of benzene rings is 3. The van der Waals surface area contributed by atoms with Gasteiger partial charge >= 0.3 is 0 Å². The lowest BCUT2D eigenvalue weighted by Crippen LogP contribution is -2.54. The van der Waals surface area contributed by atoms with Gasteiger partial charge in [-0.1, -0.05) is 49.1 Å². The fourth-order valence-corrected chi connectivity index (χ4v) is 11.3. The SMILES string of the molecule is C[C@H]1C#CC2=CC(N)NC3=C2CO[C@@H](CCC1)C[C@H](O)CCc1cc(c(O)cc1CO)OCc1cc([C@]24CCO[C@H]5CC[C@H](C[C@H]52)c2ccccc24)cc2cn3cc12. The summed E-state index contributed by atoms with van der Waals surface area (Å²) in [6.07, 6.45) is 13.8. The average Bonchev–Trinajstić information content (AvgIpc) is 3.66. The highest BCUT2D eigenvalue weighted by Crippen LogP contribution is 2.60. The zero-order chi connectivity index (χ0) is 39.5. The van der Waals surface area contributed by atoms with Crippen molar-refractivity contribution in [3.63, 3.8) is 0 Å². The molecule has 4 aliphatic heterocycles. The standard InChI is InChI=1S/C49H55N3O6/c1-29-5-4-6-38-23-37(54)13-11-30-21-46(44(55)20-34(30)26-53)58-27-35-18-36(49-15-16-56-45-14-12-31(19-43(45)49)39-7-2-3-8-42(39)49)17-33-24-52(25-40(33)35)48-41(28-57-38)32(10-9-29)22-47(50)51-48/h2-3,7-8,17-18,20-22,24-25,29,31,37-38,43,45,47,51,53-55H,4-6,11-16,19,23,26-28,50H2,1H3/t29-,31-,37-,38+,43-,45+,47?,49+/m1/s1. The van der Waals surface area contributed by atoms with Crippen LogP contribution in [0.1, 0.15) is 104 Å². The highest BCUT2D eigenvalue weighted by molar-refractivity contribution is 5.88. The zero-order valence-corrected chi connectivity index (χ0v) is 33.4. The van der Waals surface area contributed by atoms with Crippen molar-refractivity contribution in [1.29, 1.82) is 0 Å². The minimum atomic E-state index is -0.620. The Morgan fingerprint density at radius 3 is 2.78 bits per heavy atom. The molecule has 2 aliphatic carbocycles. The number of ether oxygens (including phenoxy) is 3. The fourth-order valence-electron chi connectivity index (χ4n) is 11.3. The molecular formula is C49H55N3O6. The van der Waals surface area contributed by atoms with Crippen LogP contribution >= 0.6 is 0 Å². The molecule has 5 heterocycles. The number of nitrogens with one attached hydrogen (secondary N) is 1. The summed E-state index contributed by atoms with van der Waals surface area (Å²) in [6, 6.07) is 17.3. The molecule has 9 heteroatoms. The third kappa shape index (κ3) is 6.64. The molecule has 1 saturated heterocycles. The monoisotopic (exact) mass is 781 g/mol. The number of phenols is 1. The van der Waals surface area contributed by atoms with E-state index in [1.165, 1.54) is 16.7 Å². The summed E-state index contributed by atoms with van der Waals surface area (Å²) in [4.78, 5) is 0. The van der Waals surface area contributed by atoms with Crippen molar-refractivity contribution in [1.82, 2.24) is 9.88 Å². The normalized spacial score (nSPS) is 30.8. The number of aliphatic hydroxyl groups excluding tert-OH is 2. The number of fused-ring (bicyclic) bond motifs is 10. The van der Waals surface area contributed by atoms with E-state index in [0.29, 0.717) is 55.6 Å². The summed E-state index contributed by atoms with van der Waals surface area (Å²) >= 11 is 0. The number of rotatable bonds is 2. The van der Waals surface area contributed by atoms with E-state index < -0.39 is 12.3 Å². The van der Waals surface area contributed by atoms with Gasteiger partial charge in [-0.15, -0.1) is 0 Å². The predicted octanol–water partition coefficient (Wildman–Crippen LogP) is 7.28. The van der Waals surface area contributed by atoms with E-state index in [4.69, 9.17) is 19.9 Å². The van der Waals surface area contributed by atoms with Crippen LogP contribution in [0.15, 0.2) is 78.1 Å². The minimum Gasteiger partial charge on any atom is -0.504 e. The molecule has 4 aromatic rings. The van der Waals surface area contributed by atoms with Gasteiger partial charge in [0.05, 0.1) is 37.7 Å². The van der Waals surface area contributed by atoms with Gasteiger partial charge in [0.1, 0.15) is 12.4 Å². The van der Waals surface area contributed by atoms with Crippen molar-refractivity contribution in [3.8, 4) is 23.3 Å². The molecule has 302 valence electrons. The first-order chi connectivity index (χ1) is 28.3. The number of aromatic hydroxyl groups is 1. The molecule has 1 aromatic heterocycles. The van der Waals surface area contributed by atoms with Crippen molar-refractivity contribution < 1.29 is 29.5 Å². The molecule has 0 spiro atoms. The Morgan fingerprint density at radius 1 is 0.983 bits per heavy atom. The van der Waals surface area contributed by atoms with E-state index in [2.05, 4.69) is 77.4 Å². The lowest BCUT2D eigenvalue weighted by molar-refractivity contribution is -0.0894. The van der Waals surface area contributed by atoms with Gasteiger partial charge in [-0.2, -0.15) is 0 Å². The van der Waals surface area contributed by atoms with Crippen molar-refractivity contribution >= 4 is 16.6 Å². The minimum absolute atomic E-state index is 0.0168. The quantitative estimate of drug-likeness (QED) is 0.134. The van der Waals surface area contributed by atoms with Crippen LogP contribution in [0.2, 0.25) is 0 Å². The van der Waals surface area contributed by atoms with Crippen LogP contribution in [-0.2, 0) is 34.5 Å². The Kier molecular flexibility index (Phi) is 9.90. The first-order valence-electron chi connectivity index (χ1n) is 21.5. The summed E-state index contributed by atoms with van der Waals surface area (Å²) in [5.41, 5.74) is 15.0. The lowest BCUT2D eigenvalue weighted by Gasteiger charge is -2.56. The molecule has 0 radical (unpaired) electrons. The molecule has 10 rings (SSSR count). The molecule has 3 aromatic carbocycles. The Balaban J connectivity index is 1.18. The summed E-state index contributed by atoms with van der Waals surface area (Å²) in [6.45, 7) is 3.19. The topological polar surface area (TPSA) is 131 Å². The molecule has 6 aliphatic rings. The molecule has 1 unspecified atom stereocenters. The lowest BCUT2D eigenvalue weighted by atomic mass is 9.51. The predicted molar refractivity (Wildman–Crippen MR) is 224 cm³/mol. The third-order valence-electron chi connectivity index (χ3n) is 14.2. The van der Waals surface area contributed by atoms with Gasteiger partial charge in [0.15, 0.2) is 11.5 Å². The molecule has 8 atom stereocenters. The van der Waals surface area contributed by atoms with E-state index >= 15 is 0 Å². The fraction of sp³-hybridized carbons (Fsp3) is 0.469. The Labute approximate surface area is 340 Å². The number of dihydropyridines is 1. The average molecular weight is 782 g/mol. The largest absolute Gasteiger partial charge is 0.504 e. The van der Waals surface area contributed by atoms with E-state index in [-0.39, 0.29) is 42.5 Å². The van der Waals surface area contributed by atoms with E-state index in [1.54, 1.807) is 6.07 Å². The van der Waals surface area contributed by atoms with Gasteiger partial charge in [-0.05, 0) is 134 Å². The van der Waals surface area contributed by atoms with E-state index in [0.717, 1.165) is 83.8 Å². The summed E-state index contributed by atoms with van der Waals surface area (Å²) < 4.78 is 22.1. The molecule has 58 heavy (non-hydrogen) atoms. The molecule has 9 nitrogen and oxygen atoms in total. The Bertz CT molecular complexity index is 2370. The van der Waals surface area contributed by atoms with Crippen molar-refractivity contribution in [3.05, 3.63) is 112 Å². The number of nitrogens with zero attached hydrogens (tertiary/aromatic N) is 1. The molecule has 0 amide bonds. The number of aromatic nitrogens is 1. The second kappa shape index (κ2) is 15.2. The van der Waals surface area contributed by atoms with Crippen LogP contribution in [0, 0.1) is 23.7 Å². The number of nitrogens with two attached hydrogens (primary N) is 1. The summed E-state index contributed by atoms with van der Waals surface area (Å²) in [7, 11) is 0. The highest BCUT2D eigenvalue weighted by atomic mass is 16.5. The summed E-state index contributed by atoms with van der Waals surface area (Å²) in [5.74, 6) is 9.28. The van der Waals surface area contributed by atoms with Gasteiger partial charge in [0.2, 0.25) is 0 Å². The number of aryl methyl sites for hydroxylation is 1. The number of hydrogen-bond donors (Lipinski definition) is 5. The van der Waals surface area contributed by atoms with Gasteiger partial charge in [-0.25, -0.2) is 0 Å². The van der Waals surface area contributed by atoms with Gasteiger partial charge in [0.25, 0.3) is 0 Å². The number of hydrogen-bond acceptors (Lipinski definition) is 8. The van der Waals surface area contributed by atoms with Crippen LogP contribution in [0.3, 0.4) is 0 Å². The molecular weight excluding hydrogens is 727 g/mol. The van der Waals surface area contributed by atoms with Crippen LogP contribution in [0.25, 0.3) is 16.6 Å². The molecule has 2 fully saturated rings. The van der Waals surface area contributed by atoms with Crippen LogP contribution < -0.4 is 15.8 Å². The van der Waals surface area contributed by atoms with Crippen molar-refractivity contribution in [2.45, 2.75) is 120 Å². The zero-order valence-electron chi connectivity index (χ0n) is 33.4. The maximum absolute atomic E-state index is 11.4. The molecule has 6 N–H and O–H groups in total. The van der Waals surface area contributed by atoms with Crippen molar-refractivity contribution in [2.24, 2.45) is 17.6 Å². The first-order valence-corrected chi connectivity index (χ1v) is 21.5. The number of phenolic OH excluding ortho intramolecular Hbond substituents is 1. The van der Waals surface area contributed by atoms with Crippen molar-refractivity contribution in [2.75, 3.05) is 13.2 Å². The maximum Gasteiger partial charge on any atom is 0.161 e.